The second-order valence-electron chi connectivity index (χ2n) is 6.68. The Labute approximate surface area is 157 Å². The van der Waals surface area contributed by atoms with Gasteiger partial charge in [0, 0.05) is 6.07 Å². The van der Waals surface area contributed by atoms with Crippen molar-refractivity contribution in [1.82, 2.24) is 0 Å². The summed E-state index contributed by atoms with van der Waals surface area (Å²) < 4.78 is 0. The Kier molecular flexibility index (Phi) is 5.56. The maximum Gasteiger partial charge on any atom is 0.293 e. The number of hydrogen-bond acceptors (Lipinski definition) is 5. The van der Waals surface area contributed by atoms with E-state index in [1.165, 1.54) is 6.07 Å². The molecule has 1 amide bonds. The summed E-state index contributed by atoms with van der Waals surface area (Å²) >= 11 is 0. The van der Waals surface area contributed by atoms with Crippen LogP contribution >= 0.6 is 0 Å². The van der Waals surface area contributed by atoms with Gasteiger partial charge in [0.1, 0.15) is 11.4 Å². The molecule has 0 spiro atoms. The maximum absolute atomic E-state index is 12.4. The largest absolute Gasteiger partial charge is 0.506 e. The number of carbonyl (C=O) groups excluding carboxylic acids is 1. The summed E-state index contributed by atoms with van der Waals surface area (Å²) in [7, 11) is 0. The van der Waals surface area contributed by atoms with Crippen LogP contribution in [0.1, 0.15) is 5.56 Å². The number of carbonyl (C=O) groups is 1. The molecule has 0 radical (unpaired) electrons. The van der Waals surface area contributed by atoms with E-state index in [0.29, 0.717) is 5.56 Å². The zero-order valence-electron chi connectivity index (χ0n) is 15.1. The second kappa shape index (κ2) is 8.05. The van der Waals surface area contributed by atoms with Crippen LogP contribution in [0, 0.1) is 17.0 Å². The van der Waals surface area contributed by atoms with Crippen molar-refractivity contribution in [3.63, 3.8) is 0 Å². The molecule has 1 aliphatic rings. The van der Waals surface area contributed by atoms with Gasteiger partial charge in [0.25, 0.3) is 11.6 Å². The summed E-state index contributed by atoms with van der Waals surface area (Å²) in [5, 5.41) is 23.8. The van der Waals surface area contributed by atoms with Crippen LogP contribution < -0.4 is 15.1 Å². The molecule has 142 valence electrons. The van der Waals surface area contributed by atoms with Crippen LogP contribution in [0.4, 0.5) is 17.1 Å². The maximum atomic E-state index is 12.4. The number of nitro benzene ring substituents is 1. The average Bonchev–Trinajstić information content (AvgIpc) is 2.64. The summed E-state index contributed by atoms with van der Waals surface area (Å²) in [5.41, 5.74) is 1.64. The van der Waals surface area contributed by atoms with Crippen molar-refractivity contribution >= 4 is 23.0 Å². The Morgan fingerprint density at radius 2 is 1.93 bits per heavy atom. The average molecular weight is 371 g/mol. The molecule has 0 aliphatic carbocycles. The summed E-state index contributed by atoms with van der Waals surface area (Å²) in [6.07, 6.45) is 0. The highest BCUT2D eigenvalue weighted by Crippen LogP contribution is 2.27. The zero-order valence-corrected chi connectivity index (χ0v) is 15.1. The number of nitrogens with one attached hydrogen (secondary N) is 2. The third-order valence-corrected chi connectivity index (χ3v) is 4.82. The van der Waals surface area contributed by atoms with Gasteiger partial charge in [-0.25, -0.2) is 0 Å². The van der Waals surface area contributed by atoms with E-state index in [9.17, 15) is 20.0 Å². The van der Waals surface area contributed by atoms with E-state index in [0.717, 1.165) is 36.8 Å². The van der Waals surface area contributed by atoms with E-state index in [1.807, 2.05) is 12.1 Å². The molecule has 0 aromatic heterocycles. The van der Waals surface area contributed by atoms with E-state index in [-0.39, 0.29) is 29.6 Å². The molecule has 0 saturated carbocycles. The van der Waals surface area contributed by atoms with Crippen molar-refractivity contribution in [1.29, 1.82) is 0 Å². The van der Waals surface area contributed by atoms with E-state index in [2.05, 4.69) is 10.2 Å². The smallest absolute Gasteiger partial charge is 0.293 e. The van der Waals surface area contributed by atoms with Gasteiger partial charge in [-0.3, -0.25) is 14.9 Å². The normalized spacial score (nSPS) is 14.8. The zero-order chi connectivity index (χ0) is 19.4. The number of aromatic hydroxyl groups is 1. The number of amides is 1. The fourth-order valence-corrected chi connectivity index (χ4v) is 3.35. The lowest BCUT2D eigenvalue weighted by Gasteiger charge is -2.33. The summed E-state index contributed by atoms with van der Waals surface area (Å²) in [5.74, 6) is 0.0176. The molecule has 3 N–H and O–H groups in total. The molecule has 8 heteroatoms. The molecule has 8 nitrogen and oxygen atoms in total. The fourth-order valence-electron chi connectivity index (χ4n) is 3.35. The first kappa shape index (κ1) is 18.7. The first-order valence-corrected chi connectivity index (χ1v) is 8.86. The number of piperazine rings is 1. The van der Waals surface area contributed by atoms with Gasteiger partial charge in [-0.15, -0.1) is 0 Å². The van der Waals surface area contributed by atoms with Crippen LogP contribution in [-0.4, -0.2) is 48.7 Å². The molecule has 0 bridgehead atoms. The lowest BCUT2D eigenvalue weighted by Crippen LogP contribution is -3.15. The molecule has 27 heavy (non-hydrogen) atoms. The summed E-state index contributed by atoms with van der Waals surface area (Å²) in [4.78, 5) is 26.3. The quantitative estimate of drug-likeness (QED) is 0.537. The molecule has 3 rings (SSSR count). The summed E-state index contributed by atoms with van der Waals surface area (Å²) in [6.45, 7) is 4.94. The van der Waals surface area contributed by atoms with Gasteiger partial charge in [0.2, 0.25) is 0 Å². The molecule has 2 aromatic carbocycles. The molecular formula is C19H23N4O4+. The van der Waals surface area contributed by atoms with Gasteiger partial charge >= 0.3 is 0 Å². The van der Waals surface area contributed by atoms with Crippen LogP contribution in [0.3, 0.4) is 0 Å². The number of anilines is 2. The predicted molar refractivity (Wildman–Crippen MR) is 102 cm³/mol. The Balaban J connectivity index is 1.58. The minimum Gasteiger partial charge on any atom is -0.506 e. The molecule has 1 aliphatic heterocycles. The van der Waals surface area contributed by atoms with Crippen LogP contribution in [0.25, 0.3) is 0 Å². The number of phenolic OH excluding ortho intramolecular Hbond substituents is 1. The number of aryl methyl sites for hydroxylation is 1. The molecule has 2 aromatic rings. The lowest BCUT2D eigenvalue weighted by molar-refractivity contribution is -0.892. The molecule has 1 heterocycles. The molecule has 0 unspecified atom stereocenters. The van der Waals surface area contributed by atoms with Gasteiger partial charge < -0.3 is 20.2 Å². The van der Waals surface area contributed by atoms with Crippen molar-refractivity contribution in [3.05, 3.63) is 58.1 Å². The van der Waals surface area contributed by atoms with Crippen molar-refractivity contribution in [2.45, 2.75) is 6.92 Å². The number of phenols is 1. The Morgan fingerprint density at radius 1 is 1.22 bits per heavy atom. The van der Waals surface area contributed by atoms with Crippen molar-refractivity contribution in [3.8, 4) is 5.75 Å². The number of hydrogen-bond donors (Lipinski definition) is 3. The SMILES string of the molecule is Cc1cccc([N+](=O)[O-])c1NC(=O)C[NH+]1CCN(c2ccccc2O)CC1. The van der Waals surface area contributed by atoms with E-state index in [4.69, 9.17) is 0 Å². The van der Waals surface area contributed by atoms with Gasteiger partial charge in [-0.1, -0.05) is 24.3 Å². The Bertz CT molecular complexity index is 847. The summed E-state index contributed by atoms with van der Waals surface area (Å²) in [6, 6.07) is 11.9. The number of rotatable bonds is 5. The van der Waals surface area contributed by atoms with Crippen LogP contribution in [0.5, 0.6) is 5.75 Å². The molecule has 1 fully saturated rings. The first-order chi connectivity index (χ1) is 13.0. The highest BCUT2D eigenvalue weighted by molar-refractivity contribution is 5.94. The van der Waals surface area contributed by atoms with Crippen molar-refractivity contribution in [2.75, 3.05) is 42.9 Å². The molecular weight excluding hydrogens is 348 g/mol. The topological polar surface area (TPSA) is 100 Å². The van der Waals surface area contributed by atoms with Gasteiger partial charge in [-0.05, 0) is 24.6 Å². The van der Waals surface area contributed by atoms with Gasteiger partial charge in [-0.2, -0.15) is 0 Å². The van der Waals surface area contributed by atoms with E-state index < -0.39 is 4.92 Å². The second-order valence-corrected chi connectivity index (χ2v) is 6.68. The van der Waals surface area contributed by atoms with E-state index in [1.54, 1.807) is 31.2 Å². The molecule has 1 saturated heterocycles. The first-order valence-electron chi connectivity index (χ1n) is 8.86. The minimum absolute atomic E-state index is 0.0947. The predicted octanol–water partition coefficient (Wildman–Crippen LogP) is 0.952. The van der Waals surface area contributed by atoms with Gasteiger partial charge in [0.15, 0.2) is 6.54 Å². The van der Waals surface area contributed by atoms with Gasteiger partial charge in [0.05, 0.1) is 36.8 Å². The fraction of sp³-hybridized carbons (Fsp3) is 0.316. The number of nitrogens with zero attached hydrogens (tertiary/aromatic N) is 2. The van der Waals surface area contributed by atoms with Crippen LogP contribution in [0.15, 0.2) is 42.5 Å². The third kappa shape index (κ3) is 4.35. The number of nitro groups is 1. The standard InChI is InChI=1S/C19H22N4O4/c1-14-5-4-7-16(23(26)27)19(14)20-18(25)13-21-9-11-22(12-10-21)15-6-2-3-8-17(15)24/h2-8,24H,9-13H2,1H3,(H,20,25)/p+1. The van der Waals surface area contributed by atoms with E-state index >= 15 is 0 Å². The lowest BCUT2D eigenvalue weighted by atomic mass is 10.1. The number of benzene rings is 2. The number of para-hydroxylation sites is 3. The number of quaternary nitrogens is 1. The minimum atomic E-state index is -0.486. The van der Waals surface area contributed by atoms with Crippen molar-refractivity contribution < 1.29 is 19.7 Å². The van der Waals surface area contributed by atoms with Crippen LogP contribution in [0.2, 0.25) is 0 Å². The Morgan fingerprint density at radius 3 is 2.59 bits per heavy atom. The highest BCUT2D eigenvalue weighted by Gasteiger charge is 2.25. The van der Waals surface area contributed by atoms with Crippen LogP contribution in [-0.2, 0) is 4.79 Å². The third-order valence-electron chi connectivity index (χ3n) is 4.82. The Hall–Kier alpha value is -3.13. The monoisotopic (exact) mass is 371 g/mol. The highest BCUT2D eigenvalue weighted by atomic mass is 16.6. The molecule has 0 atom stereocenters. The van der Waals surface area contributed by atoms with Crippen molar-refractivity contribution in [2.24, 2.45) is 0 Å².